The summed E-state index contributed by atoms with van der Waals surface area (Å²) in [5.41, 5.74) is 1.55. The molecule has 3 aromatic carbocycles. The molecule has 220 valence electrons. The normalized spacial score (nSPS) is 17.7. The lowest BCUT2D eigenvalue weighted by Crippen LogP contribution is -2.48. The molecule has 1 amide bonds. The van der Waals surface area contributed by atoms with Gasteiger partial charge in [0.15, 0.2) is 4.32 Å². The van der Waals surface area contributed by atoms with E-state index in [1.165, 1.54) is 27.2 Å². The Hall–Kier alpha value is -2.93. The Morgan fingerprint density at radius 1 is 0.905 bits per heavy atom. The molecule has 0 N–H and O–H groups in total. The first-order valence-corrected chi connectivity index (χ1v) is 16.8. The molecule has 0 radical (unpaired) electrons. The molecular formula is C30H30ClN3O5S3. The number of rotatable bonds is 10. The third-order valence-corrected chi connectivity index (χ3v) is 9.66. The number of benzene rings is 3. The van der Waals surface area contributed by atoms with E-state index in [2.05, 4.69) is 4.90 Å². The Morgan fingerprint density at radius 3 is 2.12 bits per heavy atom. The van der Waals surface area contributed by atoms with Crippen LogP contribution in [0.4, 0.5) is 5.69 Å². The molecule has 42 heavy (non-hydrogen) atoms. The molecule has 12 heteroatoms. The van der Waals surface area contributed by atoms with Gasteiger partial charge in [-0.15, -0.1) is 0 Å². The van der Waals surface area contributed by atoms with Crippen molar-refractivity contribution in [3.05, 3.63) is 88.3 Å². The van der Waals surface area contributed by atoms with Crippen LogP contribution in [0.3, 0.4) is 0 Å². The molecule has 2 saturated heterocycles. The molecule has 0 aliphatic carbocycles. The minimum Gasteiger partial charge on any atom is -0.494 e. The van der Waals surface area contributed by atoms with Crippen LogP contribution in [0.2, 0.25) is 5.02 Å². The molecule has 2 aliphatic rings. The van der Waals surface area contributed by atoms with Gasteiger partial charge < -0.3 is 14.4 Å². The number of ether oxygens (including phenoxy) is 2. The number of piperazine rings is 1. The number of carbonyl (C=O) groups excluding carboxylic acids is 1. The highest BCUT2D eigenvalue weighted by Crippen LogP contribution is 2.37. The summed E-state index contributed by atoms with van der Waals surface area (Å²) in [7, 11) is -3.12. The van der Waals surface area contributed by atoms with Crippen LogP contribution >= 0.6 is 35.6 Å². The number of amides is 1. The number of thiocarbonyl (C=S) groups is 1. The largest absolute Gasteiger partial charge is 0.494 e. The lowest BCUT2D eigenvalue weighted by molar-refractivity contribution is -0.113. The van der Waals surface area contributed by atoms with Gasteiger partial charge in [-0.3, -0.25) is 9.69 Å². The van der Waals surface area contributed by atoms with Crippen molar-refractivity contribution in [2.24, 2.45) is 0 Å². The Bertz CT molecular complexity index is 1560. The van der Waals surface area contributed by atoms with Crippen LogP contribution in [-0.2, 0) is 14.8 Å². The Balaban J connectivity index is 1.11. The molecule has 2 fully saturated rings. The molecule has 0 bridgehead atoms. The zero-order valence-electron chi connectivity index (χ0n) is 22.9. The minimum absolute atomic E-state index is 0.170. The van der Waals surface area contributed by atoms with Crippen molar-refractivity contribution in [3.8, 4) is 17.2 Å². The predicted octanol–water partition coefficient (Wildman–Crippen LogP) is 5.88. The fourth-order valence-electron chi connectivity index (χ4n) is 4.57. The second kappa shape index (κ2) is 13.6. The molecular weight excluding hydrogens is 614 g/mol. The standard InChI is InChI=1S/C30H30ClN3O5S3/c1-42(36,37)33-18-16-32(17-19-33)15-2-20-38-25-13-7-24(8-14-25)34-29(35)28(41-30(34)40)21-22-3-9-26(10-4-22)39-27-11-5-23(31)6-12-27/h3-14,21H,2,15-20H2,1H3. The van der Waals surface area contributed by atoms with Crippen molar-refractivity contribution in [3.63, 3.8) is 0 Å². The minimum atomic E-state index is -3.12. The van der Waals surface area contributed by atoms with Gasteiger partial charge >= 0.3 is 0 Å². The van der Waals surface area contributed by atoms with Crippen molar-refractivity contribution in [1.29, 1.82) is 0 Å². The summed E-state index contributed by atoms with van der Waals surface area (Å²) in [6.07, 6.45) is 3.91. The monoisotopic (exact) mass is 643 g/mol. The first kappa shape index (κ1) is 30.5. The maximum absolute atomic E-state index is 13.2. The first-order valence-electron chi connectivity index (χ1n) is 13.4. The summed E-state index contributed by atoms with van der Waals surface area (Å²) in [6, 6.07) is 21.9. The number of thioether (sulfide) groups is 1. The third-order valence-electron chi connectivity index (χ3n) is 6.80. The summed E-state index contributed by atoms with van der Waals surface area (Å²) >= 11 is 12.7. The quantitative estimate of drug-likeness (QED) is 0.154. The second-order valence-corrected chi connectivity index (χ2v) is 13.9. The summed E-state index contributed by atoms with van der Waals surface area (Å²) < 4.78 is 37.0. The van der Waals surface area contributed by atoms with Crippen LogP contribution in [0.15, 0.2) is 77.7 Å². The Morgan fingerprint density at radius 2 is 1.50 bits per heavy atom. The fourth-order valence-corrected chi connectivity index (χ4v) is 6.82. The zero-order chi connectivity index (χ0) is 29.7. The van der Waals surface area contributed by atoms with Crippen LogP contribution in [0.25, 0.3) is 6.08 Å². The lowest BCUT2D eigenvalue weighted by Gasteiger charge is -2.33. The summed E-state index contributed by atoms with van der Waals surface area (Å²) in [5, 5.41) is 0.645. The number of hydrogen-bond acceptors (Lipinski definition) is 8. The van der Waals surface area contributed by atoms with Crippen molar-refractivity contribution < 1.29 is 22.7 Å². The summed E-state index contributed by atoms with van der Waals surface area (Å²) in [5.74, 6) is 1.90. The smallest absolute Gasteiger partial charge is 0.270 e. The van der Waals surface area contributed by atoms with Gasteiger partial charge in [-0.05, 0) is 78.7 Å². The van der Waals surface area contributed by atoms with Crippen LogP contribution in [0, 0.1) is 0 Å². The molecule has 0 atom stereocenters. The number of sulfonamides is 1. The number of anilines is 1. The maximum atomic E-state index is 13.2. The van der Waals surface area contributed by atoms with E-state index >= 15 is 0 Å². The van der Waals surface area contributed by atoms with Crippen LogP contribution in [0.5, 0.6) is 17.2 Å². The molecule has 8 nitrogen and oxygen atoms in total. The van der Waals surface area contributed by atoms with Crippen LogP contribution in [-0.4, -0.2) is 73.4 Å². The van der Waals surface area contributed by atoms with E-state index in [4.69, 9.17) is 33.3 Å². The van der Waals surface area contributed by atoms with Gasteiger partial charge in [0, 0.05) is 37.7 Å². The fraction of sp³-hybridized carbons (Fsp3) is 0.267. The lowest BCUT2D eigenvalue weighted by atomic mass is 10.2. The van der Waals surface area contributed by atoms with E-state index in [1.807, 2.05) is 54.6 Å². The number of halogens is 1. The Kier molecular flexibility index (Phi) is 9.87. The number of nitrogens with zero attached hydrogens (tertiary/aromatic N) is 3. The van der Waals surface area contributed by atoms with Gasteiger partial charge in [-0.2, -0.15) is 4.31 Å². The van der Waals surface area contributed by atoms with E-state index in [-0.39, 0.29) is 5.91 Å². The molecule has 5 rings (SSSR count). The van der Waals surface area contributed by atoms with Crippen LogP contribution in [0.1, 0.15) is 12.0 Å². The SMILES string of the molecule is CS(=O)(=O)N1CCN(CCCOc2ccc(N3C(=O)C(=Cc4ccc(Oc5ccc(Cl)cc5)cc4)SC3=S)cc2)CC1. The molecule has 2 aliphatic heterocycles. The number of hydrogen-bond donors (Lipinski definition) is 0. The highest BCUT2D eigenvalue weighted by Gasteiger charge is 2.33. The maximum Gasteiger partial charge on any atom is 0.270 e. The van der Waals surface area contributed by atoms with Gasteiger partial charge in [0.25, 0.3) is 5.91 Å². The molecule has 0 saturated carbocycles. The summed E-state index contributed by atoms with van der Waals surface area (Å²) in [6.45, 7) is 3.89. The number of carbonyl (C=O) groups is 1. The van der Waals surface area contributed by atoms with Gasteiger partial charge in [0.1, 0.15) is 17.2 Å². The van der Waals surface area contributed by atoms with E-state index in [0.29, 0.717) is 56.9 Å². The average Bonchev–Trinajstić information content (AvgIpc) is 3.25. The first-order chi connectivity index (χ1) is 20.2. The Labute approximate surface area is 260 Å². The van der Waals surface area contributed by atoms with Crippen LogP contribution < -0.4 is 14.4 Å². The third kappa shape index (κ3) is 7.91. The highest BCUT2D eigenvalue weighted by atomic mass is 35.5. The summed E-state index contributed by atoms with van der Waals surface area (Å²) in [4.78, 5) is 17.5. The van der Waals surface area contributed by atoms with Gasteiger partial charge in [0.05, 0.1) is 23.5 Å². The molecule has 0 aromatic heterocycles. The van der Waals surface area contributed by atoms with E-state index in [1.54, 1.807) is 24.3 Å². The van der Waals surface area contributed by atoms with Crippen molar-refractivity contribution >= 4 is 67.6 Å². The molecule has 3 aromatic rings. The molecule has 2 heterocycles. The van der Waals surface area contributed by atoms with Gasteiger partial charge in [-0.25, -0.2) is 8.42 Å². The van der Waals surface area contributed by atoms with Crippen molar-refractivity contribution in [2.45, 2.75) is 6.42 Å². The topological polar surface area (TPSA) is 79.4 Å². The van der Waals surface area contributed by atoms with Crippen molar-refractivity contribution in [1.82, 2.24) is 9.21 Å². The molecule has 0 unspecified atom stereocenters. The van der Waals surface area contributed by atoms with Crippen molar-refractivity contribution in [2.75, 3.05) is 50.5 Å². The highest BCUT2D eigenvalue weighted by molar-refractivity contribution is 8.27. The average molecular weight is 644 g/mol. The predicted molar refractivity (Wildman–Crippen MR) is 173 cm³/mol. The van der Waals surface area contributed by atoms with E-state index < -0.39 is 10.0 Å². The molecule has 0 spiro atoms. The van der Waals surface area contributed by atoms with Gasteiger partial charge in [-0.1, -0.05) is 47.7 Å². The van der Waals surface area contributed by atoms with E-state index in [9.17, 15) is 13.2 Å². The van der Waals surface area contributed by atoms with E-state index in [0.717, 1.165) is 31.6 Å². The second-order valence-electron chi connectivity index (χ2n) is 9.84. The van der Waals surface area contributed by atoms with Gasteiger partial charge in [0.2, 0.25) is 10.0 Å². The zero-order valence-corrected chi connectivity index (χ0v) is 26.1.